The van der Waals surface area contributed by atoms with E-state index in [2.05, 4.69) is 17.0 Å². The summed E-state index contributed by atoms with van der Waals surface area (Å²) >= 11 is 1.19. The van der Waals surface area contributed by atoms with Gasteiger partial charge < -0.3 is 34.8 Å². The number of esters is 1. The van der Waals surface area contributed by atoms with Crippen molar-refractivity contribution in [3.8, 4) is 11.5 Å². The molecule has 0 aromatic heterocycles. The number of aliphatic hydroxyl groups excluding tert-OH is 3. The van der Waals surface area contributed by atoms with Gasteiger partial charge in [0.2, 0.25) is 0 Å². The molecule has 1 fully saturated rings. The van der Waals surface area contributed by atoms with Crippen molar-refractivity contribution < 1.29 is 34.3 Å². The molecule has 1 heterocycles. The van der Waals surface area contributed by atoms with Crippen LogP contribution in [0.5, 0.6) is 11.5 Å². The van der Waals surface area contributed by atoms with Crippen molar-refractivity contribution in [2.45, 2.75) is 56.4 Å². The number of carbonyl (C=O) groups is 1. The molecule has 9 nitrogen and oxygen atoms in total. The van der Waals surface area contributed by atoms with Gasteiger partial charge in [-0.25, -0.2) is 9.52 Å². The van der Waals surface area contributed by atoms with Crippen molar-refractivity contribution >= 4 is 23.6 Å². The third-order valence-electron chi connectivity index (χ3n) is 4.99. The number of unbranched alkanes of at least 4 members (excludes halogenated alkanes) is 1. The van der Waals surface area contributed by atoms with E-state index in [0.717, 1.165) is 20.0 Å². The van der Waals surface area contributed by atoms with Crippen LogP contribution in [0.4, 0.5) is 5.69 Å². The van der Waals surface area contributed by atoms with Gasteiger partial charge in [-0.3, -0.25) is 0 Å². The Morgan fingerprint density at radius 3 is 2.57 bits per heavy atom. The van der Waals surface area contributed by atoms with Crippen molar-refractivity contribution in [3.63, 3.8) is 0 Å². The fraction of sp³-hybridized carbons (Fsp3) is 0.480. The summed E-state index contributed by atoms with van der Waals surface area (Å²) < 4.78 is 20.1. The van der Waals surface area contributed by atoms with E-state index in [1.807, 2.05) is 30.3 Å². The number of anilines is 1. The Kier molecular flexibility index (Phi) is 12.9. The first kappa shape index (κ1) is 28.9. The topological polar surface area (TPSA) is 130 Å². The van der Waals surface area contributed by atoms with Crippen molar-refractivity contribution in [2.75, 3.05) is 32.2 Å². The van der Waals surface area contributed by atoms with Gasteiger partial charge >= 0.3 is 5.97 Å². The summed E-state index contributed by atoms with van der Waals surface area (Å²) in [6, 6.07) is 12.8. The highest BCUT2D eigenvalue weighted by Crippen LogP contribution is 2.40. The molecule has 5 N–H and O–H groups in total. The maximum atomic E-state index is 12.5. The van der Waals surface area contributed by atoms with Crippen LogP contribution in [-0.2, 0) is 9.47 Å². The fourth-order valence-corrected chi connectivity index (χ4v) is 4.18. The van der Waals surface area contributed by atoms with E-state index < -0.39 is 24.4 Å². The van der Waals surface area contributed by atoms with Gasteiger partial charge in [0.1, 0.15) is 12.0 Å². The third-order valence-corrected chi connectivity index (χ3v) is 5.86. The number of ether oxygens (including phenoxy) is 3. The average molecular weight is 509 g/mol. The van der Waals surface area contributed by atoms with E-state index in [4.69, 9.17) is 19.3 Å². The maximum absolute atomic E-state index is 12.5. The van der Waals surface area contributed by atoms with Crippen molar-refractivity contribution in [1.29, 1.82) is 0 Å². The van der Waals surface area contributed by atoms with E-state index in [1.165, 1.54) is 11.9 Å². The zero-order chi connectivity index (χ0) is 25.6. The Balaban J connectivity index is 0.00000210. The van der Waals surface area contributed by atoms with Gasteiger partial charge in [0, 0.05) is 20.1 Å². The van der Waals surface area contributed by atoms with Crippen LogP contribution in [0.25, 0.3) is 0 Å². The molecule has 3 unspecified atom stereocenters. The lowest BCUT2D eigenvalue weighted by atomic mass is 10.1. The maximum Gasteiger partial charge on any atom is 0.338 e. The smallest absolute Gasteiger partial charge is 0.338 e. The highest BCUT2D eigenvalue weighted by Gasteiger charge is 2.29. The predicted molar refractivity (Wildman–Crippen MR) is 136 cm³/mol. The Bertz CT molecular complexity index is 901. The first-order valence-corrected chi connectivity index (χ1v) is 12.5. The van der Waals surface area contributed by atoms with Gasteiger partial charge in [0.05, 0.1) is 41.6 Å². The zero-order valence-electron chi connectivity index (χ0n) is 20.4. The SMILES string of the molecule is CCCCNc1cc(C(=O)OCC)cc(SNC2OCC(O)CC2O)c1Oc1ccccc1.CO. The molecule has 3 rings (SSSR count). The molecule has 35 heavy (non-hydrogen) atoms. The highest BCUT2D eigenvalue weighted by molar-refractivity contribution is 7.97. The number of benzene rings is 2. The summed E-state index contributed by atoms with van der Waals surface area (Å²) in [7, 11) is 1.00. The number of hydrogen-bond donors (Lipinski definition) is 5. The van der Waals surface area contributed by atoms with E-state index in [1.54, 1.807) is 19.1 Å². The second-order valence-electron chi connectivity index (χ2n) is 7.70. The summed E-state index contributed by atoms with van der Waals surface area (Å²) in [4.78, 5) is 13.2. The van der Waals surface area contributed by atoms with Crippen molar-refractivity contribution in [2.24, 2.45) is 0 Å². The van der Waals surface area contributed by atoms with Crippen molar-refractivity contribution in [1.82, 2.24) is 4.72 Å². The van der Waals surface area contributed by atoms with E-state index in [0.29, 0.717) is 34.2 Å². The Hall–Kier alpha value is -2.34. The van der Waals surface area contributed by atoms with Gasteiger partial charge in [0.15, 0.2) is 5.75 Å². The van der Waals surface area contributed by atoms with E-state index in [-0.39, 0.29) is 19.6 Å². The molecule has 0 aliphatic carbocycles. The van der Waals surface area contributed by atoms with Gasteiger partial charge in [-0.15, -0.1) is 0 Å². The van der Waals surface area contributed by atoms with E-state index >= 15 is 0 Å². The monoisotopic (exact) mass is 508 g/mol. The van der Waals surface area contributed by atoms with Crippen molar-refractivity contribution in [3.05, 3.63) is 48.0 Å². The zero-order valence-corrected chi connectivity index (χ0v) is 21.2. The van der Waals surface area contributed by atoms with E-state index in [9.17, 15) is 15.0 Å². The molecule has 0 saturated carbocycles. The van der Waals surface area contributed by atoms with Gasteiger partial charge in [-0.05, 0) is 49.6 Å². The second-order valence-corrected chi connectivity index (χ2v) is 8.58. The third kappa shape index (κ3) is 8.99. The first-order chi connectivity index (χ1) is 17.0. The van der Waals surface area contributed by atoms with Crippen LogP contribution in [-0.4, -0.2) is 66.6 Å². The molecule has 3 atom stereocenters. The van der Waals surface area contributed by atoms with Crippen LogP contribution in [0.1, 0.15) is 43.5 Å². The predicted octanol–water partition coefficient (Wildman–Crippen LogP) is 3.54. The van der Waals surface area contributed by atoms with Crippen LogP contribution in [0.15, 0.2) is 47.4 Å². The molecule has 0 bridgehead atoms. The molecular formula is C25H36N2O7S. The molecule has 2 aromatic rings. The van der Waals surface area contributed by atoms with Crippen LogP contribution in [0.2, 0.25) is 0 Å². The second kappa shape index (κ2) is 15.6. The molecule has 1 aliphatic rings. The minimum atomic E-state index is -0.866. The first-order valence-electron chi connectivity index (χ1n) is 11.7. The lowest BCUT2D eigenvalue weighted by molar-refractivity contribution is -0.125. The number of rotatable bonds is 11. The molecule has 2 aromatic carbocycles. The number of aliphatic hydroxyl groups is 3. The molecule has 194 valence electrons. The minimum Gasteiger partial charge on any atom is -0.462 e. The summed E-state index contributed by atoms with van der Waals surface area (Å²) in [6.45, 7) is 4.99. The standard InChI is InChI=1S/C24H32N2O6S.CH4O/c1-3-5-11-25-19-12-16(24(29)30-4-2)13-21(22(19)32-18-9-7-6-8-10-18)33-26-23-20(28)14-17(27)15-31-23;1-2/h6-10,12-13,17,20,23,25-28H,3-5,11,14-15H2,1-2H3;2H,1H3. The largest absolute Gasteiger partial charge is 0.462 e. The quantitative estimate of drug-likeness (QED) is 0.175. The van der Waals surface area contributed by atoms with Crippen LogP contribution in [0.3, 0.4) is 0 Å². The lowest BCUT2D eigenvalue weighted by Crippen LogP contribution is -2.47. The van der Waals surface area contributed by atoms with Gasteiger partial charge in [-0.1, -0.05) is 31.5 Å². The van der Waals surface area contributed by atoms with Crippen LogP contribution >= 0.6 is 11.9 Å². The fourth-order valence-electron chi connectivity index (χ4n) is 3.28. The Morgan fingerprint density at radius 1 is 1.17 bits per heavy atom. The molecule has 1 aliphatic heterocycles. The Labute approximate surface area is 210 Å². The van der Waals surface area contributed by atoms with Crippen LogP contribution in [0, 0.1) is 0 Å². The number of para-hydroxylation sites is 1. The summed E-state index contributed by atoms with van der Waals surface area (Å²) in [5.41, 5.74) is 1.06. The normalized spacial score (nSPS) is 19.3. The highest BCUT2D eigenvalue weighted by atomic mass is 32.2. The molecular weight excluding hydrogens is 472 g/mol. The van der Waals surface area contributed by atoms with Gasteiger partial charge in [-0.2, -0.15) is 0 Å². The number of hydrogen-bond acceptors (Lipinski definition) is 10. The Morgan fingerprint density at radius 2 is 1.91 bits per heavy atom. The molecule has 0 radical (unpaired) electrons. The molecule has 0 amide bonds. The average Bonchev–Trinajstić information content (AvgIpc) is 2.87. The molecule has 0 spiro atoms. The summed E-state index contributed by atoms with van der Waals surface area (Å²) in [6.07, 6.45) is -0.0363. The molecule has 10 heteroatoms. The minimum absolute atomic E-state index is 0.134. The summed E-state index contributed by atoms with van der Waals surface area (Å²) in [5.74, 6) is 0.772. The summed E-state index contributed by atoms with van der Waals surface area (Å²) in [5, 5.41) is 30.3. The molecule has 1 saturated heterocycles. The van der Waals surface area contributed by atoms with Gasteiger partial charge in [0.25, 0.3) is 0 Å². The number of nitrogens with one attached hydrogen (secondary N) is 2. The lowest BCUT2D eigenvalue weighted by Gasteiger charge is -2.31. The van der Waals surface area contributed by atoms with Crippen LogP contribution < -0.4 is 14.8 Å². The number of carbonyl (C=O) groups excluding carboxylic acids is 1.